The largest absolute Gasteiger partial charge is 0.353 e. The number of carbonyl (C=O) groups is 2. The quantitative estimate of drug-likeness (QED) is 0.452. The molecule has 1 aliphatic rings. The molecule has 2 amide bonds. The normalized spacial score (nSPS) is 15.5. The molecule has 0 aliphatic heterocycles. The van der Waals surface area contributed by atoms with Gasteiger partial charge < -0.3 is 10.6 Å². The van der Waals surface area contributed by atoms with E-state index in [4.69, 9.17) is 0 Å². The van der Waals surface area contributed by atoms with Gasteiger partial charge in [0.2, 0.25) is 17.6 Å². The number of para-hydroxylation sites is 1. The van der Waals surface area contributed by atoms with Crippen LogP contribution in [0, 0.1) is 0 Å². The topological polar surface area (TPSA) is 110 Å². The van der Waals surface area contributed by atoms with Crippen molar-refractivity contribution in [1.29, 1.82) is 0 Å². The highest BCUT2D eigenvalue weighted by Gasteiger charge is 2.20. The van der Waals surface area contributed by atoms with Crippen LogP contribution in [0.1, 0.15) is 58.8 Å². The first-order valence-corrected chi connectivity index (χ1v) is 13.0. The minimum atomic E-state index is -0.202. The van der Waals surface area contributed by atoms with Crippen LogP contribution in [-0.4, -0.2) is 48.8 Å². The second kappa shape index (κ2) is 11.0. The fourth-order valence-electron chi connectivity index (χ4n) is 4.34. The lowest BCUT2D eigenvalue weighted by molar-refractivity contribution is -0.122. The number of fused-ring (bicyclic) bond motifs is 3. The molecule has 182 valence electrons. The van der Waals surface area contributed by atoms with Gasteiger partial charge in [0.25, 0.3) is 5.56 Å². The number of hydrogen-bond donors (Lipinski definition) is 2. The summed E-state index contributed by atoms with van der Waals surface area (Å²) < 4.78 is 3.32. The van der Waals surface area contributed by atoms with Gasteiger partial charge in [-0.2, -0.15) is 0 Å². The third-order valence-electron chi connectivity index (χ3n) is 6.36. The van der Waals surface area contributed by atoms with Gasteiger partial charge in [-0.05, 0) is 38.3 Å². The summed E-state index contributed by atoms with van der Waals surface area (Å²) in [5.41, 5.74) is 0.479. The molecule has 3 aromatic rings. The number of thioether (sulfide) groups is 1. The Balaban J connectivity index is 1.58. The van der Waals surface area contributed by atoms with E-state index in [1.807, 2.05) is 32.0 Å². The van der Waals surface area contributed by atoms with Crippen LogP contribution >= 0.6 is 11.8 Å². The first kappa shape index (κ1) is 24.3. The zero-order valence-electron chi connectivity index (χ0n) is 19.7. The van der Waals surface area contributed by atoms with Gasteiger partial charge in [0.1, 0.15) is 0 Å². The first-order valence-electron chi connectivity index (χ1n) is 12.1. The van der Waals surface area contributed by atoms with Gasteiger partial charge in [0.15, 0.2) is 5.16 Å². The summed E-state index contributed by atoms with van der Waals surface area (Å²) in [5, 5.41) is 15.7. The summed E-state index contributed by atoms with van der Waals surface area (Å²) in [6.07, 6.45) is 6.59. The summed E-state index contributed by atoms with van der Waals surface area (Å²) in [6.45, 7) is 4.19. The predicted molar refractivity (Wildman–Crippen MR) is 133 cm³/mol. The van der Waals surface area contributed by atoms with Gasteiger partial charge >= 0.3 is 0 Å². The van der Waals surface area contributed by atoms with Gasteiger partial charge in [-0.3, -0.25) is 23.4 Å². The van der Waals surface area contributed by atoms with E-state index in [0.29, 0.717) is 21.8 Å². The average Bonchev–Trinajstić information content (AvgIpc) is 3.27. The van der Waals surface area contributed by atoms with Crippen molar-refractivity contribution >= 4 is 40.3 Å². The Kier molecular flexibility index (Phi) is 7.87. The van der Waals surface area contributed by atoms with Crippen molar-refractivity contribution < 1.29 is 9.59 Å². The van der Waals surface area contributed by atoms with E-state index in [9.17, 15) is 14.4 Å². The van der Waals surface area contributed by atoms with Crippen molar-refractivity contribution in [3.8, 4) is 0 Å². The van der Waals surface area contributed by atoms with Crippen molar-refractivity contribution in [2.45, 2.75) is 82.6 Å². The molecule has 10 heteroatoms. The number of rotatable bonds is 9. The molecule has 1 unspecified atom stereocenters. The Morgan fingerprint density at radius 2 is 1.91 bits per heavy atom. The second-order valence-corrected chi connectivity index (χ2v) is 9.85. The third-order valence-corrected chi connectivity index (χ3v) is 7.29. The lowest BCUT2D eigenvalue weighted by atomic mass is 9.95. The standard InChI is InChI=1S/C24H32N6O3S/c1-3-16(2)25-21(32)15-34-24-28-27-23-29(14-13-20(31)26-17-9-5-4-6-10-17)22(33)18-11-7-8-12-19(18)30(23)24/h7-8,11-12,16-17H,3-6,9-10,13-15H2,1-2H3,(H,25,32)(H,26,31). The highest BCUT2D eigenvalue weighted by molar-refractivity contribution is 7.99. The summed E-state index contributed by atoms with van der Waals surface area (Å²) in [7, 11) is 0. The predicted octanol–water partition coefficient (Wildman–Crippen LogP) is 2.89. The maximum Gasteiger partial charge on any atom is 0.262 e. The Morgan fingerprint density at radius 3 is 2.68 bits per heavy atom. The van der Waals surface area contributed by atoms with E-state index in [1.54, 1.807) is 10.5 Å². The van der Waals surface area contributed by atoms with E-state index in [2.05, 4.69) is 20.8 Å². The van der Waals surface area contributed by atoms with Gasteiger partial charge in [-0.25, -0.2) is 0 Å². The van der Waals surface area contributed by atoms with Crippen LogP contribution in [0.25, 0.3) is 16.7 Å². The van der Waals surface area contributed by atoms with Crippen LogP contribution < -0.4 is 16.2 Å². The molecule has 0 spiro atoms. The number of aromatic nitrogens is 4. The maximum absolute atomic E-state index is 13.3. The van der Waals surface area contributed by atoms with E-state index in [1.165, 1.54) is 22.7 Å². The average molecular weight is 485 g/mol. The van der Waals surface area contributed by atoms with Crippen molar-refractivity contribution in [3.05, 3.63) is 34.6 Å². The summed E-state index contributed by atoms with van der Waals surface area (Å²) >= 11 is 1.28. The molecule has 2 N–H and O–H groups in total. The van der Waals surface area contributed by atoms with Crippen molar-refractivity contribution in [3.63, 3.8) is 0 Å². The van der Waals surface area contributed by atoms with E-state index >= 15 is 0 Å². The number of amides is 2. The Morgan fingerprint density at radius 1 is 1.15 bits per heavy atom. The Hall–Kier alpha value is -2.88. The smallest absolute Gasteiger partial charge is 0.262 e. The van der Waals surface area contributed by atoms with E-state index in [0.717, 1.165) is 32.1 Å². The van der Waals surface area contributed by atoms with Crippen LogP contribution in [-0.2, 0) is 16.1 Å². The van der Waals surface area contributed by atoms with Gasteiger partial charge in [0.05, 0.1) is 16.7 Å². The molecule has 0 radical (unpaired) electrons. The number of benzene rings is 1. The maximum atomic E-state index is 13.3. The van der Waals surface area contributed by atoms with Crippen LogP contribution in [0.3, 0.4) is 0 Å². The fraction of sp³-hybridized carbons (Fsp3) is 0.542. The zero-order chi connectivity index (χ0) is 24.1. The molecule has 2 heterocycles. The van der Waals surface area contributed by atoms with Crippen LogP contribution in [0.4, 0.5) is 0 Å². The molecule has 1 saturated carbocycles. The second-order valence-electron chi connectivity index (χ2n) is 8.91. The lowest BCUT2D eigenvalue weighted by Gasteiger charge is -2.22. The van der Waals surface area contributed by atoms with E-state index in [-0.39, 0.29) is 48.2 Å². The van der Waals surface area contributed by atoms with E-state index < -0.39 is 0 Å². The highest BCUT2D eigenvalue weighted by Crippen LogP contribution is 2.22. The minimum absolute atomic E-state index is 0.0547. The van der Waals surface area contributed by atoms with Gasteiger partial charge in [-0.15, -0.1) is 10.2 Å². The molecule has 34 heavy (non-hydrogen) atoms. The highest BCUT2D eigenvalue weighted by atomic mass is 32.2. The van der Waals surface area contributed by atoms with Crippen molar-refractivity contribution in [2.75, 3.05) is 5.75 Å². The number of nitrogens with one attached hydrogen (secondary N) is 2. The minimum Gasteiger partial charge on any atom is -0.353 e. The summed E-state index contributed by atoms with van der Waals surface area (Å²) in [5.74, 6) is 0.440. The van der Waals surface area contributed by atoms with Gasteiger partial charge in [-0.1, -0.05) is 50.1 Å². The summed E-state index contributed by atoms with van der Waals surface area (Å²) in [4.78, 5) is 38.1. The molecule has 9 nitrogen and oxygen atoms in total. The molecular weight excluding hydrogens is 452 g/mol. The third kappa shape index (κ3) is 5.43. The molecular formula is C24H32N6O3S. The first-order chi connectivity index (χ1) is 16.5. The molecule has 1 fully saturated rings. The molecule has 1 atom stereocenters. The fourth-order valence-corrected chi connectivity index (χ4v) is 5.09. The molecule has 1 aliphatic carbocycles. The van der Waals surface area contributed by atoms with Crippen molar-refractivity contribution in [2.24, 2.45) is 0 Å². The van der Waals surface area contributed by atoms with Crippen LogP contribution in [0.5, 0.6) is 0 Å². The van der Waals surface area contributed by atoms with Crippen LogP contribution in [0.2, 0.25) is 0 Å². The Bertz CT molecular complexity index is 1230. The number of nitrogens with zero attached hydrogens (tertiary/aromatic N) is 4. The summed E-state index contributed by atoms with van der Waals surface area (Å²) in [6, 6.07) is 7.61. The lowest BCUT2D eigenvalue weighted by Crippen LogP contribution is -2.37. The molecule has 4 rings (SSSR count). The molecule has 0 saturated heterocycles. The molecule has 0 bridgehead atoms. The van der Waals surface area contributed by atoms with Crippen molar-refractivity contribution in [1.82, 2.24) is 29.8 Å². The monoisotopic (exact) mass is 484 g/mol. The van der Waals surface area contributed by atoms with Gasteiger partial charge in [0, 0.05) is 25.0 Å². The zero-order valence-corrected chi connectivity index (χ0v) is 20.6. The number of aryl methyl sites for hydroxylation is 1. The number of carbonyl (C=O) groups excluding carboxylic acids is 2. The Labute approximate surface area is 202 Å². The molecule has 1 aromatic carbocycles. The van der Waals surface area contributed by atoms with Crippen LogP contribution in [0.15, 0.2) is 34.2 Å². The molecule has 2 aromatic heterocycles. The number of hydrogen-bond acceptors (Lipinski definition) is 6. The SMILES string of the molecule is CCC(C)NC(=O)CSc1nnc2n(CCC(=O)NC3CCCCC3)c(=O)c3ccccc3n12.